The van der Waals surface area contributed by atoms with Crippen LogP contribution in [0, 0.1) is 11.3 Å². The summed E-state index contributed by atoms with van der Waals surface area (Å²) in [5, 5.41) is 0. The van der Waals surface area contributed by atoms with Crippen molar-refractivity contribution in [3.8, 4) is 0 Å². The van der Waals surface area contributed by atoms with E-state index in [1.165, 1.54) is 12.8 Å². The molecule has 0 aliphatic carbocycles. The molecule has 1 aliphatic rings. The van der Waals surface area contributed by atoms with Crippen molar-refractivity contribution in [1.29, 1.82) is 0 Å². The Balaban J connectivity index is 2.59. The number of carbonyl (C=O) groups excluding carboxylic acids is 1. The molecule has 0 spiro atoms. The summed E-state index contributed by atoms with van der Waals surface area (Å²) in [5.74, 6) is 0.630. The van der Waals surface area contributed by atoms with E-state index in [4.69, 9.17) is 0 Å². The lowest BCUT2D eigenvalue weighted by Crippen LogP contribution is -2.46. The van der Waals surface area contributed by atoms with Gasteiger partial charge >= 0.3 is 0 Å². The van der Waals surface area contributed by atoms with Crippen molar-refractivity contribution in [2.24, 2.45) is 11.3 Å². The summed E-state index contributed by atoms with van der Waals surface area (Å²) in [5.41, 5.74) is 0.127. The molecule has 2 nitrogen and oxygen atoms in total. The van der Waals surface area contributed by atoms with E-state index in [1.54, 1.807) is 0 Å². The number of rotatable bonds is 3. The smallest absolute Gasteiger partial charge is 0.226 e. The molecule has 88 valence electrons. The van der Waals surface area contributed by atoms with E-state index in [-0.39, 0.29) is 11.3 Å². The van der Waals surface area contributed by atoms with Crippen LogP contribution in [-0.4, -0.2) is 23.9 Å². The van der Waals surface area contributed by atoms with Gasteiger partial charge in [-0.15, -0.1) is 0 Å². The summed E-state index contributed by atoms with van der Waals surface area (Å²) in [7, 11) is 0. The molecule has 1 fully saturated rings. The van der Waals surface area contributed by atoms with Crippen molar-refractivity contribution in [3.05, 3.63) is 0 Å². The Hall–Kier alpha value is -0.530. The first-order valence-corrected chi connectivity index (χ1v) is 6.25. The SMILES string of the molecule is CCCCN1CCCC(C(C)(C)C)C1=O. The molecule has 1 atom stereocenters. The highest BCUT2D eigenvalue weighted by Crippen LogP contribution is 2.34. The first-order valence-electron chi connectivity index (χ1n) is 6.25. The Morgan fingerprint density at radius 2 is 2.07 bits per heavy atom. The second-order valence-electron chi connectivity index (χ2n) is 5.74. The second kappa shape index (κ2) is 5.00. The van der Waals surface area contributed by atoms with E-state index < -0.39 is 0 Å². The van der Waals surface area contributed by atoms with Gasteiger partial charge in [-0.1, -0.05) is 34.1 Å². The second-order valence-corrected chi connectivity index (χ2v) is 5.74. The van der Waals surface area contributed by atoms with Gasteiger partial charge in [0.1, 0.15) is 0 Å². The van der Waals surface area contributed by atoms with Crippen molar-refractivity contribution in [1.82, 2.24) is 4.90 Å². The van der Waals surface area contributed by atoms with E-state index >= 15 is 0 Å². The molecule has 0 bridgehead atoms. The van der Waals surface area contributed by atoms with Gasteiger partial charge in [-0.05, 0) is 24.7 Å². The third-order valence-electron chi connectivity index (χ3n) is 3.36. The molecular formula is C13H25NO. The maximum Gasteiger partial charge on any atom is 0.226 e. The van der Waals surface area contributed by atoms with Gasteiger partial charge in [-0.25, -0.2) is 0 Å². The third kappa shape index (κ3) is 3.22. The third-order valence-corrected chi connectivity index (χ3v) is 3.36. The van der Waals surface area contributed by atoms with Crippen LogP contribution < -0.4 is 0 Å². The van der Waals surface area contributed by atoms with Crippen LogP contribution in [0.5, 0.6) is 0 Å². The normalized spacial score (nSPS) is 23.3. The topological polar surface area (TPSA) is 20.3 Å². The number of piperidine rings is 1. The summed E-state index contributed by atoms with van der Waals surface area (Å²) in [6.45, 7) is 10.7. The number of nitrogens with zero attached hydrogens (tertiary/aromatic N) is 1. The Labute approximate surface area is 94.0 Å². The monoisotopic (exact) mass is 211 g/mol. The first kappa shape index (κ1) is 12.5. The lowest BCUT2D eigenvalue weighted by molar-refractivity contribution is -0.142. The summed E-state index contributed by atoms with van der Waals surface area (Å²) < 4.78 is 0. The van der Waals surface area contributed by atoms with Crippen LogP contribution in [0.4, 0.5) is 0 Å². The summed E-state index contributed by atoms with van der Waals surface area (Å²) in [6, 6.07) is 0. The number of likely N-dealkylation sites (tertiary alicyclic amines) is 1. The van der Waals surface area contributed by atoms with Gasteiger partial charge in [-0.2, -0.15) is 0 Å². The van der Waals surface area contributed by atoms with Crippen LogP contribution >= 0.6 is 0 Å². The zero-order valence-corrected chi connectivity index (χ0v) is 10.7. The van der Waals surface area contributed by atoms with Gasteiger partial charge in [0.05, 0.1) is 0 Å². The lowest BCUT2D eigenvalue weighted by Gasteiger charge is -2.38. The Bertz CT molecular complexity index is 217. The molecule has 0 aromatic carbocycles. The van der Waals surface area contributed by atoms with E-state index in [2.05, 4.69) is 32.6 Å². The molecule has 0 saturated carbocycles. The molecule has 1 heterocycles. The van der Waals surface area contributed by atoms with Gasteiger partial charge in [0.15, 0.2) is 0 Å². The molecule has 1 aliphatic heterocycles. The molecule has 1 saturated heterocycles. The molecule has 0 aromatic rings. The minimum absolute atomic E-state index is 0.127. The zero-order valence-electron chi connectivity index (χ0n) is 10.7. The van der Waals surface area contributed by atoms with E-state index in [0.717, 1.165) is 25.9 Å². The van der Waals surface area contributed by atoms with Crippen LogP contribution in [0.25, 0.3) is 0 Å². The maximum atomic E-state index is 12.2. The number of carbonyl (C=O) groups is 1. The predicted octanol–water partition coefficient (Wildman–Crippen LogP) is 3.07. The van der Waals surface area contributed by atoms with Crippen LogP contribution in [-0.2, 0) is 4.79 Å². The molecule has 1 unspecified atom stereocenters. The van der Waals surface area contributed by atoms with Crippen molar-refractivity contribution < 1.29 is 4.79 Å². The first-order chi connectivity index (χ1) is 6.96. The maximum absolute atomic E-state index is 12.2. The minimum Gasteiger partial charge on any atom is -0.342 e. The van der Waals surface area contributed by atoms with Crippen LogP contribution in [0.2, 0.25) is 0 Å². The van der Waals surface area contributed by atoms with Gasteiger partial charge < -0.3 is 4.90 Å². The van der Waals surface area contributed by atoms with Crippen LogP contribution in [0.1, 0.15) is 53.4 Å². The quantitative estimate of drug-likeness (QED) is 0.702. The largest absolute Gasteiger partial charge is 0.342 e. The molecule has 15 heavy (non-hydrogen) atoms. The van der Waals surface area contributed by atoms with Gasteiger partial charge in [0.25, 0.3) is 0 Å². The molecule has 1 rings (SSSR count). The predicted molar refractivity (Wildman–Crippen MR) is 63.7 cm³/mol. The number of unbranched alkanes of at least 4 members (excludes halogenated alkanes) is 1. The molecule has 0 N–H and O–H groups in total. The average Bonchev–Trinajstić information content (AvgIpc) is 2.14. The Morgan fingerprint density at radius 3 is 2.60 bits per heavy atom. The van der Waals surface area contributed by atoms with Crippen molar-refractivity contribution in [2.45, 2.75) is 53.4 Å². The van der Waals surface area contributed by atoms with E-state index in [9.17, 15) is 4.79 Å². The highest BCUT2D eigenvalue weighted by Gasteiger charge is 2.36. The summed E-state index contributed by atoms with van der Waals surface area (Å²) in [6.07, 6.45) is 4.56. The Kier molecular flexibility index (Phi) is 4.18. The van der Waals surface area contributed by atoms with Gasteiger partial charge in [0, 0.05) is 19.0 Å². The van der Waals surface area contributed by atoms with Crippen molar-refractivity contribution >= 4 is 5.91 Å². The molecule has 2 heteroatoms. The zero-order chi connectivity index (χ0) is 11.5. The highest BCUT2D eigenvalue weighted by atomic mass is 16.2. The van der Waals surface area contributed by atoms with Gasteiger partial charge in [0.2, 0.25) is 5.91 Å². The fraction of sp³-hybridized carbons (Fsp3) is 0.923. The number of hydrogen-bond acceptors (Lipinski definition) is 1. The standard InChI is InChI=1S/C13H25NO/c1-5-6-9-14-10-7-8-11(12(14)15)13(2,3)4/h11H,5-10H2,1-4H3. The fourth-order valence-electron chi connectivity index (χ4n) is 2.31. The summed E-state index contributed by atoms with van der Waals surface area (Å²) in [4.78, 5) is 14.3. The summed E-state index contributed by atoms with van der Waals surface area (Å²) >= 11 is 0. The molecule has 0 aromatic heterocycles. The Morgan fingerprint density at radius 1 is 1.40 bits per heavy atom. The van der Waals surface area contributed by atoms with Crippen LogP contribution in [0.3, 0.4) is 0 Å². The van der Waals surface area contributed by atoms with Crippen molar-refractivity contribution in [2.75, 3.05) is 13.1 Å². The van der Waals surface area contributed by atoms with Crippen molar-refractivity contribution in [3.63, 3.8) is 0 Å². The van der Waals surface area contributed by atoms with E-state index in [0.29, 0.717) is 5.91 Å². The fourth-order valence-corrected chi connectivity index (χ4v) is 2.31. The molecule has 1 amide bonds. The minimum atomic E-state index is 0.127. The number of amides is 1. The lowest BCUT2D eigenvalue weighted by atomic mass is 9.75. The molecule has 0 radical (unpaired) electrons. The average molecular weight is 211 g/mol. The van der Waals surface area contributed by atoms with E-state index in [1.807, 2.05) is 0 Å². The van der Waals surface area contributed by atoms with Gasteiger partial charge in [-0.3, -0.25) is 4.79 Å². The number of hydrogen-bond donors (Lipinski definition) is 0. The molecular weight excluding hydrogens is 186 g/mol. The highest BCUT2D eigenvalue weighted by molar-refractivity contribution is 5.80. The van der Waals surface area contributed by atoms with Crippen LogP contribution in [0.15, 0.2) is 0 Å².